The van der Waals surface area contributed by atoms with Gasteiger partial charge >= 0.3 is 6.09 Å². The van der Waals surface area contributed by atoms with Gasteiger partial charge in [-0.3, -0.25) is 0 Å². The fourth-order valence-corrected chi connectivity index (χ4v) is 6.08. The van der Waals surface area contributed by atoms with Gasteiger partial charge < -0.3 is 24.4 Å². The summed E-state index contributed by atoms with van der Waals surface area (Å²) in [4.78, 5) is 32.4. The van der Waals surface area contributed by atoms with Crippen molar-refractivity contribution in [3.05, 3.63) is 67.0 Å². The van der Waals surface area contributed by atoms with Crippen molar-refractivity contribution in [1.82, 2.24) is 34.4 Å². The highest BCUT2D eigenvalue weighted by Crippen LogP contribution is 2.38. The monoisotopic (exact) mass is 594 g/mol. The molecule has 0 radical (unpaired) electrons. The minimum Gasteiger partial charge on any atom is -0.474 e. The molecule has 1 unspecified atom stereocenters. The Morgan fingerprint density at radius 2 is 1.80 bits per heavy atom. The van der Waals surface area contributed by atoms with Crippen LogP contribution in [0.2, 0.25) is 0 Å². The van der Waals surface area contributed by atoms with E-state index in [9.17, 15) is 4.79 Å². The van der Waals surface area contributed by atoms with E-state index in [2.05, 4.69) is 30.4 Å². The first-order valence-electron chi connectivity index (χ1n) is 14.8. The molecule has 7 rings (SSSR count). The molecule has 12 heteroatoms. The van der Waals surface area contributed by atoms with Crippen molar-refractivity contribution in [3.8, 4) is 17.4 Å². The molecule has 2 aliphatic heterocycles. The number of hydrogen-bond donors (Lipinski definition) is 1. The van der Waals surface area contributed by atoms with Gasteiger partial charge in [-0.25, -0.2) is 29.2 Å². The van der Waals surface area contributed by atoms with Crippen LogP contribution in [-0.2, 0) is 4.74 Å². The van der Waals surface area contributed by atoms with Crippen LogP contribution in [0, 0.1) is 6.92 Å². The summed E-state index contributed by atoms with van der Waals surface area (Å²) in [6.45, 7) is 7.68. The Kier molecular flexibility index (Phi) is 6.91. The Morgan fingerprint density at radius 3 is 2.57 bits per heavy atom. The van der Waals surface area contributed by atoms with Crippen LogP contribution in [0.15, 0.2) is 61.4 Å². The quantitative estimate of drug-likeness (QED) is 0.242. The summed E-state index contributed by atoms with van der Waals surface area (Å²) in [6.07, 6.45) is 9.66. The van der Waals surface area contributed by atoms with Crippen molar-refractivity contribution >= 4 is 34.1 Å². The number of benzene rings is 1. The van der Waals surface area contributed by atoms with Crippen LogP contribution in [-0.4, -0.2) is 64.3 Å². The second-order valence-corrected chi connectivity index (χ2v) is 12.4. The number of pyridine rings is 2. The maximum Gasteiger partial charge on any atom is 0.410 e. The molecule has 5 aromatic rings. The van der Waals surface area contributed by atoms with E-state index in [1.807, 2.05) is 75.2 Å². The van der Waals surface area contributed by atoms with E-state index in [4.69, 9.17) is 14.2 Å². The molecular formula is C32H34N8O4. The van der Waals surface area contributed by atoms with Gasteiger partial charge in [0.15, 0.2) is 5.65 Å². The zero-order chi connectivity index (χ0) is 30.4. The summed E-state index contributed by atoms with van der Waals surface area (Å²) >= 11 is 0. The van der Waals surface area contributed by atoms with Gasteiger partial charge in [0.2, 0.25) is 5.88 Å². The number of nitrogens with one attached hydrogen (secondary N) is 1. The topological polar surface area (TPSA) is 129 Å². The van der Waals surface area contributed by atoms with Crippen LogP contribution in [0.25, 0.3) is 16.6 Å². The fourth-order valence-electron chi connectivity index (χ4n) is 6.08. The van der Waals surface area contributed by atoms with Crippen LogP contribution >= 0.6 is 0 Å². The minimum absolute atomic E-state index is 0.0437. The first-order chi connectivity index (χ1) is 21.2. The van der Waals surface area contributed by atoms with E-state index in [1.165, 1.54) is 12.7 Å². The molecule has 12 nitrogen and oxygen atoms in total. The van der Waals surface area contributed by atoms with Gasteiger partial charge in [0, 0.05) is 54.3 Å². The Bertz CT molecular complexity index is 1840. The van der Waals surface area contributed by atoms with Crippen molar-refractivity contribution in [3.63, 3.8) is 0 Å². The highest BCUT2D eigenvalue weighted by atomic mass is 16.6. The molecule has 2 fully saturated rings. The fraction of sp³-hybridized carbons (Fsp3) is 0.375. The zero-order valence-electron chi connectivity index (χ0n) is 25.1. The zero-order valence-corrected chi connectivity index (χ0v) is 25.1. The molecular weight excluding hydrogens is 560 g/mol. The predicted molar refractivity (Wildman–Crippen MR) is 163 cm³/mol. The number of anilines is 2. The highest BCUT2D eigenvalue weighted by molar-refractivity contribution is 5.90. The standard InChI is InChI=1S/C32H34N8O4/c1-19-11-20(5-8-27(19)42-23-9-10-39-28(14-23)35-18-37-39)38-30-25-15-29(33-16-26(25)34-17-36-30)43-24-12-21-6-7-22(13-24)40(21)31(41)44-32(2,3)4/h5,8-11,14-18,21-22,24H,6-7,12-13H2,1-4H3,(H,34,36,38)/t21-,22+,24?. The van der Waals surface area contributed by atoms with Crippen molar-refractivity contribution in [2.45, 2.75) is 77.2 Å². The van der Waals surface area contributed by atoms with E-state index in [-0.39, 0.29) is 24.3 Å². The molecule has 4 aromatic heterocycles. The smallest absolute Gasteiger partial charge is 0.410 e. The lowest BCUT2D eigenvalue weighted by atomic mass is 10.0. The number of amides is 1. The van der Waals surface area contributed by atoms with Crippen LogP contribution in [0.1, 0.15) is 52.0 Å². The molecule has 2 bridgehead atoms. The molecule has 226 valence electrons. The summed E-state index contributed by atoms with van der Waals surface area (Å²) in [5.74, 6) is 2.57. The first-order valence-corrected chi connectivity index (χ1v) is 14.8. The van der Waals surface area contributed by atoms with Gasteiger partial charge in [0.05, 0.1) is 11.7 Å². The molecule has 44 heavy (non-hydrogen) atoms. The normalized spacial score (nSPS) is 19.7. The minimum atomic E-state index is -0.518. The van der Waals surface area contributed by atoms with Crippen molar-refractivity contribution < 1.29 is 19.0 Å². The summed E-state index contributed by atoms with van der Waals surface area (Å²) < 4.78 is 19.9. The number of carbonyl (C=O) groups is 1. The number of hydrogen-bond acceptors (Lipinski definition) is 10. The largest absolute Gasteiger partial charge is 0.474 e. The van der Waals surface area contributed by atoms with Crippen LogP contribution in [0.5, 0.6) is 17.4 Å². The first kappa shape index (κ1) is 27.8. The molecule has 0 aliphatic carbocycles. The van der Waals surface area contributed by atoms with Crippen LogP contribution in [0.3, 0.4) is 0 Å². The predicted octanol–water partition coefficient (Wildman–Crippen LogP) is 6.22. The molecule has 6 heterocycles. The Balaban J connectivity index is 1.05. The number of ether oxygens (including phenoxy) is 3. The van der Waals surface area contributed by atoms with Gasteiger partial charge in [-0.2, -0.15) is 5.10 Å². The van der Waals surface area contributed by atoms with E-state index >= 15 is 0 Å². The summed E-state index contributed by atoms with van der Waals surface area (Å²) in [5, 5.41) is 8.34. The second-order valence-electron chi connectivity index (χ2n) is 12.4. The average molecular weight is 595 g/mol. The summed E-state index contributed by atoms with van der Waals surface area (Å²) in [7, 11) is 0. The number of aryl methyl sites for hydroxylation is 1. The number of fused-ring (bicyclic) bond motifs is 4. The number of carbonyl (C=O) groups excluding carboxylic acids is 1. The Labute approximate surface area is 254 Å². The van der Waals surface area contributed by atoms with E-state index < -0.39 is 5.60 Å². The number of aromatic nitrogens is 6. The van der Waals surface area contributed by atoms with E-state index in [1.54, 1.807) is 10.7 Å². The van der Waals surface area contributed by atoms with E-state index in [0.29, 0.717) is 28.6 Å². The average Bonchev–Trinajstić information content (AvgIpc) is 3.55. The Morgan fingerprint density at radius 1 is 0.977 bits per heavy atom. The maximum absolute atomic E-state index is 12.8. The number of piperidine rings is 1. The third-order valence-electron chi connectivity index (χ3n) is 8.00. The third kappa shape index (κ3) is 5.67. The van der Waals surface area contributed by atoms with Gasteiger partial charge in [0.1, 0.15) is 41.7 Å². The van der Waals surface area contributed by atoms with Crippen LogP contribution in [0.4, 0.5) is 16.3 Å². The second kappa shape index (κ2) is 10.9. The lowest BCUT2D eigenvalue weighted by Crippen LogP contribution is -2.50. The van der Waals surface area contributed by atoms with E-state index in [0.717, 1.165) is 48.1 Å². The summed E-state index contributed by atoms with van der Waals surface area (Å²) in [6, 6.07) is 11.7. The number of rotatable bonds is 6. The SMILES string of the molecule is Cc1cc(Nc2ncnc3cnc(OC4C[C@H]5CC[C@@H](C4)N5C(=O)OC(C)(C)C)cc23)ccc1Oc1ccn2ncnc2c1. The van der Waals surface area contributed by atoms with Gasteiger partial charge in [-0.05, 0) is 70.4 Å². The highest BCUT2D eigenvalue weighted by Gasteiger charge is 2.45. The van der Waals surface area contributed by atoms with Crippen LogP contribution < -0.4 is 14.8 Å². The van der Waals surface area contributed by atoms with Gasteiger partial charge in [0.25, 0.3) is 0 Å². The number of nitrogens with zero attached hydrogens (tertiary/aromatic N) is 7. The molecule has 0 spiro atoms. The molecule has 1 N–H and O–H groups in total. The Hall–Kier alpha value is -5.00. The lowest BCUT2D eigenvalue weighted by Gasteiger charge is -2.39. The molecule has 2 saturated heterocycles. The van der Waals surface area contributed by atoms with Gasteiger partial charge in [-0.15, -0.1) is 0 Å². The molecule has 0 saturated carbocycles. The maximum atomic E-state index is 12.8. The molecule has 3 atom stereocenters. The third-order valence-corrected chi connectivity index (χ3v) is 8.00. The molecule has 1 aromatic carbocycles. The molecule has 1 amide bonds. The molecule has 2 aliphatic rings. The van der Waals surface area contributed by atoms with Crippen molar-refractivity contribution in [2.75, 3.05) is 5.32 Å². The van der Waals surface area contributed by atoms with Crippen molar-refractivity contribution in [1.29, 1.82) is 0 Å². The van der Waals surface area contributed by atoms with Crippen molar-refractivity contribution in [2.24, 2.45) is 0 Å². The van der Waals surface area contributed by atoms with Gasteiger partial charge in [-0.1, -0.05) is 0 Å². The summed E-state index contributed by atoms with van der Waals surface area (Å²) in [5.41, 5.74) is 2.71. The lowest BCUT2D eigenvalue weighted by molar-refractivity contribution is -0.00757.